The minimum absolute atomic E-state index is 0.0577. The summed E-state index contributed by atoms with van der Waals surface area (Å²) < 4.78 is 41.2. The van der Waals surface area contributed by atoms with Crippen molar-refractivity contribution in [1.29, 1.82) is 0 Å². The van der Waals surface area contributed by atoms with Crippen LogP contribution in [0.4, 0.5) is 13.2 Å². The fraction of sp³-hybridized carbons (Fsp3) is 0.500. The maximum atomic E-state index is 11.2. The molecule has 11 heteroatoms. The summed E-state index contributed by atoms with van der Waals surface area (Å²) >= 11 is 0. The number of alkyl halides is 3. The number of carbonyl (C=O) groups excluding carboxylic acids is 2. The average molecular weight is 360 g/mol. The molecule has 0 aromatic carbocycles. The van der Waals surface area contributed by atoms with Crippen LogP contribution in [-0.2, 0) is 19.1 Å². The summed E-state index contributed by atoms with van der Waals surface area (Å²) in [5.41, 5.74) is 0.0119. The molecule has 0 saturated heterocycles. The van der Waals surface area contributed by atoms with Crippen LogP contribution in [-0.4, -0.2) is 48.1 Å². The van der Waals surface area contributed by atoms with E-state index in [0.717, 1.165) is 6.92 Å². The Hall–Kier alpha value is -1.69. The van der Waals surface area contributed by atoms with E-state index < -0.39 is 27.1 Å². The van der Waals surface area contributed by atoms with Crippen LogP contribution in [0.2, 0.25) is 6.04 Å². The van der Waals surface area contributed by atoms with E-state index >= 15 is 0 Å². The Morgan fingerprint density at radius 3 is 1.74 bits per heavy atom. The quantitative estimate of drug-likeness (QED) is 0.281. The second kappa shape index (κ2) is 10.2. The summed E-state index contributed by atoms with van der Waals surface area (Å²) in [6.07, 6.45) is -4.68. The Morgan fingerprint density at radius 1 is 1.04 bits per heavy atom. The highest BCUT2D eigenvalue weighted by Crippen LogP contribution is 2.17. The third kappa shape index (κ3) is 18.3. The van der Waals surface area contributed by atoms with Crippen LogP contribution in [0.3, 0.4) is 0 Å². The second-order valence-corrected chi connectivity index (χ2v) is 6.46. The predicted octanol–water partition coefficient (Wildman–Crippen LogP) is 1.04. The highest BCUT2D eigenvalue weighted by atomic mass is 28.4. The molecule has 0 atom stereocenters. The van der Waals surface area contributed by atoms with Gasteiger partial charge in [-0.2, -0.15) is 0 Å². The molecule has 0 rings (SSSR count). The van der Waals surface area contributed by atoms with Crippen molar-refractivity contribution in [3.8, 4) is 0 Å². The summed E-state index contributed by atoms with van der Waals surface area (Å²) in [7, 11) is -3.97. The fourth-order valence-electron chi connectivity index (χ4n) is 0.790. The predicted molar refractivity (Wildman–Crippen MR) is 74.6 cm³/mol. The van der Waals surface area contributed by atoms with Crippen LogP contribution in [0.15, 0.2) is 24.3 Å². The van der Waals surface area contributed by atoms with E-state index in [4.69, 9.17) is 14.4 Å². The first-order valence-electron chi connectivity index (χ1n) is 6.11. The molecule has 0 spiro atoms. The van der Waals surface area contributed by atoms with E-state index in [1.54, 1.807) is 0 Å². The van der Waals surface area contributed by atoms with Gasteiger partial charge in [0.1, 0.15) is 0 Å². The minimum atomic E-state index is -4.91. The maximum absolute atomic E-state index is 11.2. The molecule has 0 fully saturated rings. The standard InChI is InChI=1S/C7H14O5Si.C5H5F3O2/c1-6(2)7(8)12-4-3-5-13(9,10)11;1-3(2)4(9)10-5(6,7)8/h9-11H,1,3-5H2,2H3;1H2,2H3. The third-order valence-corrected chi connectivity index (χ3v) is 2.82. The molecule has 0 aliphatic heterocycles. The molecule has 0 aromatic heterocycles. The molecule has 23 heavy (non-hydrogen) atoms. The molecule has 0 radical (unpaired) electrons. The van der Waals surface area contributed by atoms with E-state index in [2.05, 4.69) is 22.6 Å². The Balaban J connectivity index is 0. The molecule has 0 amide bonds. The summed E-state index contributed by atoms with van der Waals surface area (Å²) in [6.45, 7) is 9.04. The number of rotatable bonds is 6. The molecule has 0 aromatic rings. The molecule has 0 unspecified atom stereocenters. The van der Waals surface area contributed by atoms with Gasteiger partial charge < -0.3 is 23.9 Å². The molecule has 134 valence electrons. The zero-order valence-electron chi connectivity index (χ0n) is 12.6. The molecular weight excluding hydrogens is 341 g/mol. The van der Waals surface area contributed by atoms with Gasteiger partial charge in [-0.25, -0.2) is 9.59 Å². The van der Waals surface area contributed by atoms with Crippen molar-refractivity contribution in [2.75, 3.05) is 6.61 Å². The number of esters is 2. The molecule has 3 N–H and O–H groups in total. The molecule has 0 bridgehead atoms. The van der Waals surface area contributed by atoms with Gasteiger partial charge in [-0.05, 0) is 20.3 Å². The smallest absolute Gasteiger partial charge is 0.462 e. The van der Waals surface area contributed by atoms with Crippen molar-refractivity contribution in [3.05, 3.63) is 24.3 Å². The van der Waals surface area contributed by atoms with Crippen molar-refractivity contribution >= 4 is 20.7 Å². The minimum Gasteiger partial charge on any atom is -0.462 e. The largest absolute Gasteiger partial charge is 0.575 e. The summed E-state index contributed by atoms with van der Waals surface area (Å²) in [5, 5.41) is 0. The van der Waals surface area contributed by atoms with Gasteiger partial charge in [-0.15, -0.1) is 13.2 Å². The monoisotopic (exact) mass is 360 g/mol. The van der Waals surface area contributed by atoms with Gasteiger partial charge in [-0.3, -0.25) is 0 Å². The molecule has 0 aliphatic carbocycles. The van der Waals surface area contributed by atoms with Gasteiger partial charge in [0.05, 0.1) is 6.61 Å². The van der Waals surface area contributed by atoms with Crippen molar-refractivity contribution < 1.29 is 46.6 Å². The molecule has 0 saturated carbocycles. The second-order valence-electron chi connectivity index (χ2n) is 4.41. The van der Waals surface area contributed by atoms with E-state index in [-0.39, 0.29) is 24.6 Å². The van der Waals surface area contributed by atoms with Gasteiger partial charge in [0.15, 0.2) is 0 Å². The lowest BCUT2D eigenvalue weighted by Crippen LogP contribution is -2.34. The van der Waals surface area contributed by atoms with E-state index in [9.17, 15) is 22.8 Å². The van der Waals surface area contributed by atoms with Crippen molar-refractivity contribution in [2.45, 2.75) is 32.7 Å². The van der Waals surface area contributed by atoms with Crippen LogP contribution in [0, 0.1) is 0 Å². The van der Waals surface area contributed by atoms with Crippen LogP contribution >= 0.6 is 0 Å². The first-order chi connectivity index (χ1) is 10.2. The highest BCUT2D eigenvalue weighted by Gasteiger charge is 2.33. The zero-order chi connectivity index (χ0) is 18.8. The van der Waals surface area contributed by atoms with Gasteiger partial charge in [-0.1, -0.05) is 13.2 Å². The topological polar surface area (TPSA) is 113 Å². The summed E-state index contributed by atoms with van der Waals surface area (Å²) in [6, 6.07) is -0.129. The Labute approximate surface area is 132 Å². The van der Waals surface area contributed by atoms with Crippen LogP contribution < -0.4 is 0 Å². The van der Waals surface area contributed by atoms with Gasteiger partial charge in [0.25, 0.3) is 0 Å². The van der Waals surface area contributed by atoms with Crippen molar-refractivity contribution in [1.82, 2.24) is 0 Å². The molecule has 7 nitrogen and oxygen atoms in total. The first-order valence-corrected chi connectivity index (χ1v) is 8.16. The van der Waals surface area contributed by atoms with E-state index in [1.807, 2.05) is 0 Å². The average Bonchev–Trinajstić information content (AvgIpc) is 2.31. The zero-order valence-corrected chi connectivity index (χ0v) is 13.6. The number of hydrogen-bond donors (Lipinski definition) is 3. The lowest BCUT2D eigenvalue weighted by molar-refractivity contribution is -0.303. The number of hydrogen-bond acceptors (Lipinski definition) is 7. The summed E-state index contributed by atoms with van der Waals surface area (Å²) in [5.74, 6) is -1.96. The normalized spacial score (nSPS) is 11.0. The number of ether oxygens (including phenoxy) is 2. The van der Waals surface area contributed by atoms with Crippen molar-refractivity contribution in [3.63, 3.8) is 0 Å². The van der Waals surface area contributed by atoms with E-state index in [0.29, 0.717) is 5.57 Å². The maximum Gasteiger partial charge on any atom is 0.575 e. The number of halogens is 3. The lowest BCUT2D eigenvalue weighted by atomic mass is 10.4. The Morgan fingerprint density at radius 2 is 1.48 bits per heavy atom. The third-order valence-electron chi connectivity index (χ3n) is 1.80. The van der Waals surface area contributed by atoms with Crippen LogP contribution in [0.1, 0.15) is 20.3 Å². The fourth-order valence-corrected chi connectivity index (χ4v) is 1.41. The molecule has 0 aliphatic rings. The van der Waals surface area contributed by atoms with Gasteiger partial charge >= 0.3 is 27.1 Å². The first kappa shape index (κ1) is 23.6. The number of carbonyl (C=O) groups is 2. The van der Waals surface area contributed by atoms with Crippen LogP contribution in [0.25, 0.3) is 0 Å². The molecular formula is C12H19F3O7Si. The van der Waals surface area contributed by atoms with Gasteiger partial charge in [0, 0.05) is 17.2 Å². The Bertz CT molecular complexity index is 441. The Kier molecular flexibility index (Phi) is 10.4. The molecule has 0 heterocycles. The lowest BCUT2D eigenvalue weighted by Gasteiger charge is -2.08. The van der Waals surface area contributed by atoms with Gasteiger partial charge in [0.2, 0.25) is 0 Å². The van der Waals surface area contributed by atoms with Crippen molar-refractivity contribution in [2.24, 2.45) is 0 Å². The van der Waals surface area contributed by atoms with E-state index in [1.165, 1.54) is 6.92 Å². The SMILES string of the molecule is C=C(C)C(=O)OC(F)(F)F.C=C(C)C(=O)OCCC[Si](O)(O)O. The van der Waals surface area contributed by atoms with Crippen LogP contribution in [0.5, 0.6) is 0 Å². The summed E-state index contributed by atoms with van der Waals surface area (Å²) in [4.78, 5) is 46.6. The highest BCUT2D eigenvalue weighted by molar-refractivity contribution is 6.56.